The molecule has 0 saturated carbocycles. The van der Waals surface area contributed by atoms with Crippen molar-refractivity contribution in [1.82, 2.24) is 5.32 Å². The molecule has 108 valence electrons. The Morgan fingerprint density at radius 2 is 2.05 bits per heavy atom. The first-order valence-electron chi connectivity index (χ1n) is 6.69. The first-order chi connectivity index (χ1) is 9.72. The molecule has 0 aliphatic heterocycles. The van der Waals surface area contributed by atoms with Crippen molar-refractivity contribution in [2.24, 2.45) is 0 Å². The van der Waals surface area contributed by atoms with Crippen molar-refractivity contribution < 1.29 is 9.47 Å². The Hall–Kier alpha value is -1.52. The fraction of sp³-hybridized carbons (Fsp3) is 0.375. The van der Waals surface area contributed by atoms with E-state index in [1.165, 1.54) is 4.88 Å². The number of benzene rings is 1. The third-order valence-electron chi connectivity index (χ3n) is 3.22. The number of rotatable bonds is 7. The van der Waals surface area contributed by atoms with Crippen molar-refractivity contribution >= 4 is 11.3 Å². The molecule has 0 radical (unpaired) electrons. The molecule has 1 unspecified atom stereocenters. The highest BCUT2D eigenvalue weighted by Gasteiger charge is 2.08. The molecule has 0 bridgehead atoms. The number of hydrogen-bond donors (Lipinski definition) is 1. The summed E-state index contributed by atoms with van der Waals surface area (Å²) < 4.78 is 10.6. The van der Waals surface area contributed by atoms with Gasteiger partial charge in [-0.15, -0.1) is 11.3 Å². The first-order valence-corrected chi connectivity index (χ1v) is 7.57. The zero-order valence-electron chi connectivity index (χ0n) is 12.2. The molecule has 0 aliphatic rings. The second-order valence-electron chi connectivity index (χ2n) is 4.74. The molecule has 0 spiro atoms. The monoisotopic (exact) mass is 291 g/mol. The van der Waals surface area contributed by atoms with E-state index in [0.29, 0.717) is 6.04 Å². The van der Waals surface area contributed by atoms with Gasteiger partial charge in [0.05, 0.1) is 14.2 Å². The van der Waals surface area contributed by atoms with Crippen LogP contribution in [0.15, 0.2) is 35.7 Å². The van der Waals surface area contributed by atoms with Crippen LogP contribution in [-0.4, -0.2) is 20.3 Å². The standard InChI is InChI=1S/C16H21NO2S/c1-12(9-15-5-4-8-20-15)17-11-13-6-7-14(18-2)10-16(13)19-3/h4-8,10,12,17H,9,11H2,1-3H3. The fourth-order valence-corrected chi connectivity index (χ4v) is 2.92. The maximum atomic E-state index is 5.41. The molecule has 0 fully saturated rings. The van der Waals surface area contributed by atoms with Crippen molar-refractivity contribution in [3.05, 3.63) is 46.2 Å². The second kappa shape index (κ2) is 7.31. The third-order valence-corrected chi connectivity index (χ3v) is 4.12. The minimum absolute atomic E-state index is 0.431. The molecule has 20 heavy (non-hydrogen) atoms. The Bertz CT molecular complexity index is 525. The third kappa shape index (κ3) is 3.99. The topological polar surface area (TPSA) is 30.5 Å². The fourth-order valence-electron chi connectivity index (χ4n) is 2.08. The normalized spacial score (nSPS) is 12.2. The zero-order chi connectivity index (χ0) is 14.4. The van der Waals surface area contributed by atoms with Crippen molar-refractivity contribution in [2.75, 3.05) is 14.2 Å². The summed E-state index contributed by atoms with van der Waals surface area (Å²) in [7, 11) is 3.35. The molecule has 1 atom stereocenters. The molecular formula is C16H21NO2S. The summed E-state index contributed by atoms with van der Waals surface area (Å²) in [5, 5.41) is 5.65. The van der Waals surface area contributed by atoms with Crippen LogP contribution in [0.5, 0.6) is 11.5 Å². The van der Waals surface area contributed by atoms with E-state index in [4.69, 9.17) is 9.47 Å². The van der Waals surface area contributed by atoms with Crippen molar-refractivity contribution in [1.29, 1.82) is 0 Å². The van der Waals surface area contributed by atoms with Crippen molar-refractivity contribution in [2.45, 2.75) is 25.9 Å². The van der Waals surface area contributed by atoms with Gasteiger partial charge in [-0.25, -0.2) is 0 Å². The predicted molar refractivity (Wildman–Crippen MR) is 83.9 cm³/mol. The van der Waals surface area contributed by atoms with Crippen molar-refractivity contribution in [3.63, 3.8) is 0 Å². The summed E-state index contributed by atoms with van der Waals surface area (Å²) >= 11 is 1.80. The van der Waals surface area contributed by atoms with E-state index in [9.17, 15) is 0 Å². The van der Waals surface area contributed by atoms with Crippen LogP contribution in [0.2, 0.25) is 0 Å². The predicted octanol–water partition coefficient (Wildman–Crippen LogP) is 3.49. The van der Waals surface area contributed by atoms with E-state index >= 15 is 0 Å². The molecule has 1 heterocycles. The van der Waals surface area contributed by atoms with Crippen LogP contribution in [0.3, 0.4) is 0 Å². The lowest BCUT2D eigenvalue weighted by Crippen LogP contribution is -2.27. The van der Waals surface area contributed by atoms with Gasteiger partial charge < -0.3 is 14.8 Å². The van der Waals surface area contributed by atoms with Gasteiger partial charge in [-0.3, -0.25) is 0 Å². The summed E-state index contributed by atoms with van der Waals surface area (Å²) in [6.07, 6.45) is 1.05. The maximum Gasteiger partial charge on any atom is 0.127 e. The Balaban J connectivity index is 1.93. The molecule has 2 aromatic rings. The lowest BCUT2D eigenvalue weighted by atomic mass is 10.1. The number of ether oxygens (including phenoxy) is 2. The molecule has 2 rings (SSSR count). The minimum atomic E-state index is 0.431. The van der Waals surface area contributed by atoms with E-state index in [-0.39, 0.29) is 0 Å². The zero-order valence-corrected chi connectivity index (χ0v) is 13.0. The Morgan fingerprint density at radius 1 is 1.20 bits per heavy atom. The largest absolute Gasteiger partial charge is 0.497 e. The molecule has 1 aromatic carbocycles. The van der Waals surface area contributed by atoms with Crippen LogP contribution in [0.25, 0.3) is 0 Å². The van der Waals surface area contributed by atoms with E-state index in [1.807, 2.05) is 18.2 Å². The van der Waals surface area contributed by atoms with Gasteiger partial charge in [0.1, 0.15) is 11.5 Å². The van der Waals surface area contributed by atoms with E-state index in [2.05, 4.69) is 29.8 Å². The highest BCUT2D eigenvalue weighted by Crippen LogP contribution is 2.24. The summed E-state index contributed by atoms with van der Waals surface area (Å²) in [4.78, 5) is 1.41. The Labute approximate surface area is 124 Å². The number of methoxy groups -OCH3 is 2. The van der Waals surface area contributed by atoms with Gasteiger partial charge in [-0.2, -0.15) is 0 Å². The maximum absolute atomic E-state index is 5.41. The highest BCUT2D eigenvalue weighted by atomic mass is 32.1. The summed E-state index contributed by atoms with van der Waals surface area (Å²) in [6, 6.07) is 10.6. The first kappa shape index (κ1) is 14.9. The summed E-state index contributed by atoms with van der Waals surface area (Å²) in [5.74, 6) is 1.68. The summed E-state index contributed by atoms with van der Waals surface area (Å²) in [6.45, 7) is 3.00. The molecule has 0 amide bonds. The summed E-state index contributed by atoms with van der Waals surface area (Å²) in [5.41, 5.74) is 1.14. The highest BCUT2D eigenvalue weighted by molar-refractivity contribution is 7.09. The van der Waals surface area contributed by atoms with Gasteiger partial charge >= 0.3 is 0 Å². The minimum Gasteiger partial charge on any atom is -0.497 e. The lowest BCUT2D eigenvalue weighted by Gasteiger charge is -2.15. The van der Waals surface area contributed by atoms with Gasteiger partial charge in [-0.1, -0.05) is 12.1 Å². The lowest BCUT2D eigenvalue weighted by molar-refractivity contribution is 0.388. The molecule has 3 nitrogen and oxygen atoms in total. The van der Waals surface area contributed by atoms with Crippen LogP contribution in [0.1, 0.15) is 17.4 Å². The van der Waals surface area contributed by atoms with E-state index < -0.39 is 0 Å². The SMILES string of the molecule is COc1ccc(CNC(C)Cc2cccs2)c(OC)c1. The van der Waals surface area contributed by atoms with Gasteiger partial charge in [0.25, 0.3) is 0 Å². The molecule has 1 aromatic heterocycles. The van der Waals surface area contributed by atoms with Crippen LogP contribution in [-0.2, 0) is 13.0 Å². The molecule has 0 saturated heterocycles. The van der Waals surface area contributed by atoms with E-state index in [1.54, 1.807) is 25.6 Å². The number of nitrogens with one attached hydrogen (secondary N) is 1. The average Bonchev–Trinajstić information content (AvgIpc) is 2.97. The van der Waals surface area contributed by atoms with Gasteiger partial charge in [0.2, 0.25) is 0 Å². The second-order valence-corrected chi connectivity index (χ2v) is 5.78. The van der Waals surface area contributed by atoms with Crippen LogP contribution < -0.4 is 14.8 Å². The van der Waals surface area contributed by atoms with Gasteiger partial charge in [0, 0.05) is 29.1 Å². The van der Waals surface area contributed by atoms with E-state index in [0.717, 1.165) is 30.0 Å². The smallest absolute Gasteiger partial charge is 0.127 e. The van der Waals surface area contributed by atoms with Crippen LogP contribution in [0.4, 0.5) is 0 Å². The van der Waals surface area contributed by atoms with Crippen LogP contribution in [0, 0.1) is 0 Å². The van der Waals surface area contributed by atoms with Gasteiger partial charge in [-0.05, 0) is 30.9 Å². The van der Waals surface area contributed by atoms with Crippen LogP contribution >= 0.6 is 11.3 Å². The van der Waals surface area contributed by atoms with Crippen molar-refractivity contribution in [3.8, 4) is 11.5 Å². The molecule has 4 heteroatoms. The quantitative estimate of drug-likeness (QED) is 0.847. The number of thiophene rings is 1. The molecule has 0 aliphatic carbocycles. The number of hydrogen-bond acceptors (Lipinski definition) is 4. The molecular weight excluding hydrogens is 270 g/mol. The van der Waals surface area contributed by atoms with Gasteiger partial charge in [0.15, 0.2) is 0 Å². The Kier molecular flexibility index (Phi) is 5.44. The average molecular weight is 291 g/mol. The molecule has 1 N–H and O–H groups in total. The Morgan fingerprint density at radius 3 is 2.70 bits per heavy atom.